The van der Waals surface area contributed by atoms with E-state index >= 15 is 0 Å². The third-order valence-electron chi connectivity index (χ3n) is 4.72. The Kier molecular flexibility index (Phi) is 4.73. The van der Waals surface area contributed by atoms with Gasteiger partial charge in [0.2, 0.25) is 5.69 Å². The van der Waals surface area contributed by atoms with Gasteiger partial charge in [0.1, 0.15) is 15.9 Å². The second-order valence-corrected chi connectivity index (χ2v) is 8.36. The predicted molar refractivity (Wildman–Crippen MR) is 101 cm³/mol. The van der Waals surface area contributed by atoms with Gasteiger partial charge in [-0.15, -0.1) is 0 Å². The van der Waals surface area contributed by atoms with Gasteiger partial charge in [-0.05, 0) is 26.0 Å². The monoisotopic (exact) mass is 371 g/mol. The number of phenols is 1. The Labute approximate surface area is 153 Å². The van der Waals surface area contributed by atoms with Gasteiger partial charge in [-0.25, -0.2) is 8.42 Å². The minimum atomic E-state index is -4.32. The first-order valence-electron chi connectivity index (χ1n) is 8.34. The Morgan fingerprint density at radius 2 is 1.73 bits per heavy atom. The molecule has 0 bridgehead atoms. The van der Waals surface area contributed by atoms with Crippen LogP contribution in [0.25, 0.3) is 6.08 Å². The molecule has 0 aliphatic carbocycles. The fraction of sp³-hybridized carbons (Fsp3) is 0.250. The summed E-state index contributed by atoms with van der Waals surface area (Å²) in [6.45, 7) is 4.21. The first-order chi connectivity index (χ1) is 12.2. The Morgan fingerprint density at radius 3 is 2.42 bits per heavy atom. The highest BCUT2D eigenvalue weighted by Gasteiger charge is 2.43. The van der Waals surface area contributed by atoms with E-state index in [1.807, 2.05) is 41.0 Å². The molecule has 0 spiro atoms. The molecule has 0 unspecified atom stereocenters. The zero-order valence-corrected chi connectivity index (χ0v) is 15.5. The molecule has 2 aromatic rings. The molecule has 0 aromatic heterocycles. The van der Waals surface area contributed by atoms with Crippen LogP contribution >= 0.6 is 0 Å². The van der Waals surface area contributed by atoms with Crippen molar-refractivity contribution in [3.05, 3.63) is 65.7 Å². The number of fused-ring (bicyclic) bond motifs is 1. The standard InChI is InChI=1S/C20H21NO4S/c1-20(2)16-8-4-5-9-17(16)21(13-14-26(23,24)25)19(20)12-11-15-7-3-6-10-18(15)22/h3-12H,13-14H2,1-2H3,(H,23,24,25). The lowest BCUT2D eigenvalue weighted by Gasteiger charge is -2.15. The molecule has 0 saturated carbocycles. The third-order valence-corrected chi connectivity index (χ3v) is 5.40. The molecule has 136 valence electrons. The maximum absolute atomic E-state index is 11.1. The number of phenolic OH excluding ortho intramolecular Hbond substituents is 1. The molecule has 2 aromatic carbocycles. The quantitative estimate of drug-likeness (QED) is 0.647. The lowest BCUT2D eigenvalue weighted by atomic mass is 9.81. The average Bonchev–Trinajstić information content (AvgIpc) is 2.79. The number of nitrogens with zero attached hydrogens (tertiary/aromatic N) is 1. The summed E-state index contributed by atoms with van der Waals surface area (Å²) < 4.78 is 35.3. The molecule has 5 nitrogen and oxygen atoms in total. The van der Waals surface area contributed by atoms with Crippen LogP contribution in [0.15, 0.2) is 54.6 Å². The highest BCUT2D eigenvalue weighted by atomic mass is 32.2. The summed E-state index contributed by atoms with van der Waals surface area (Å²) in [5.41, 5.74) is 3.16. The van der Waals surface area contributed by atoms with Crippen LogP contribution in [0.3, 0.4) is 0 Å². The third kappa shape index (κ3) is 3.57. The molecule has 1 N–H and O–H groups in total. The molecular formula is C20H21NO4S. The fourth-order valence-electron chi connectivity index (χ4n) is 3.38. The minimum Gasteiger partial charge on any atom is -0.748 e. The van der Waals surface area contributed by atoms with Gasteiger partial charge in [0, 0.05) is 23.3 Å². The maximum Gasteiger partial charge on any atom is 0.209 e. The van der Waals surface area contributed by atoms with Gasteiger partial charge in [-0.3, -0.25) is 0 Å². The van der Waals surface area contributed by atoms with Crippen molar-refractivity contribution < 1.29 is 22.7 Å². The normalized spacial score (nSPS) is 16.3. The van der Waals surface area contributed by atoms with Crippen LogP contribution in [0.4, 0.5) is 5.69 Å². The molecule has 0 fully saturated rings. The van der Waals surface area contributed by atoms with Gasteiger partial charge in [0.25, 0.3) is 0 Å². The molecule has 1 heterocycles. The Balaban J connectivity index is 2.09. The summed E-state index contributed by atoms with van der Waals surface area (Å²) in [6, 6.07) is 14.8. The van der Waals surface area contributed by atoms with E-state index in [0.29, 0.717) is 5.56 Å². The molecule has 6 heteroatoms. The highest BCUT2D eigenvalue weighted by molar-refractivity contribution is 7.85. The number of hydrogen-bond donors (Lipinski definition) is 1. The Hall–Kier alpha value is -2.44. The molecule has 1 aliphatic heterocycles. The number of rotatable bonds is 5. The molecule has 0 atom stereocenters. The van der Waals surface area contributed by atoms with Crippen LogP contribution in [0.2, 0.25) is 0 Å². The zero-order valence-electron chi connectivity index (χ0n) is 14.7. The lowest BCUT2D eigenvalue weighted by Crippen LogP contribution is -2.29. The second kappa shape index (κ2) is 6.70. The fourth-order valence-corrected chi connectivity index (χ4v) is 3.79. The molecule has 1 aliphatic rings. The van der Waals surface area contributed by atoms with Crippen LogP contribution in [-0.4, -0.2) is 40.7 Å². The van der Waals surface area contributed by atoms with Crippen molar-refractivity contribution in [1.29, 1.82) is 0 Å². The largest absolute Gasteiger partial charge is 0.748 e. The van der Waals surface area contributed by atoms with E-state index in [1.54, 1.807) is 24.3 Å². The first kappa shape index (κ1) is 18.4. The average molecular weight is 371 g/mol. The molecule has 3 rings (SSSR count). The van der Waals surface area contributed by atoms with Crippen LogP contribution < -0.4 is 0 Å². The van der Waals surface area contributed by atoms with Crippen LogP contribution in [0, 0.1) is 0 Å². The van der Waals surface area contributed by atoms with Crippen LogP contribution in [0.1, 0.15) is 25.0 Å². The molecule has 0 saturated heterocycles. The second-order valence-electron chi connectivity index (χ2n) is 6.83. The SMILES string of the molecule is CC1(C)C(/C=C/c2ccccc2O)=[N+](CCS(=O)(=O)[O-])c2ccccc21. The first-order valence-corrected chi connectivity index (χ1v) is 9.92. The molecule has 26 heavy (non-hydrogen) atoms. The Morgan fingerprint density at radius 1 is 1.08 bits per heavy atom. The summed E-state index contributed by atoms with van der Waals surface area (Å²) >= 11 is 0. The molecule has 0 radical (unpaired) electrons. The van der Waals surface area contributed by atoms with E-state index in [4.69, 9.17) is 0 Å². The zero-order chi connectivity index (χ0) is 18.9. The van der Waals surface area contributed by atoms with Crippen LogP contribution in [-0.2, 0) is 15.5 Å². The number of aromatic hydroxyl groups is 1. The smallest absolute Gasteiger partial charge is 0.209 e. The van der Waals surface area contributed by atoms with Gasteiger partial charge >= 0.3 is 0 Å². The van der Waals surface area contributed by atoms with Crippen molar-refractivity contribution in [3.8, 4) is 5.75 Å². The predicted octanol–water partition coefficient (Wildman–Crippen LogP) is 3.03. The van der Waals surface area contributed by atoms with E-state index in [9.17, 15) is 18.1 Å². The number of allylic oxidation sites excluding steroid dienone is 1. The summed E-state index contributed by atoms with van der Waals surface area (Å²) in [5, 5.41) is 9.97. The van der Waals surface area contributed by atoms with Crippen molar-refractivity contribution >= 4 is 27.6 Å². The van der Waals surface area contributed by atoms with E-state index in [-0.39, 0.29) is 17.7 Å². The molecular weight excluding hydrogens is 350 g/mol. The van der Waals surface area contributed by atoms with Gasteiger partial charge in [-0.2, -0.15) is 4.58 Å². The lowest BCUT2D eigenvalue weighted by molar-refractivity contribution is -0.432. The Bertz CT molecular complexity index is 1000. The van der Waals surface area contributed by atoms with E-state index in [1.165, 1.54) is 0 Å². The summed E-state index contributed by atoms with van der Waals surface area (Å²) in [5.74, 6) is -0.294. The summed E-state index contributed by atoms with van der Waals surface area (Å²) in [6.07, 6.45) is 3.68. The van der Waals surface area contributed by atoms with E-state index < -0.39 is 15.9 Å². The maximum atomic E-state index is 11.1. The van der Waals surface area contributed by atoms with Gasteiger partial charge in [0.15, 0.2) is 12.3 Å². The van der Waals surface area contributed by atoms with Crippen molar-refractivity contribution in [2.45, 2.75) is 19.3 Å². The number of hydrogen-bond acceptors (Lipinski definition) is 4. The number of para-hydroxylation sites is 2. The molecule has 0 amide bonds. The minimum absolute atomic E-state index is 0.0900. The number of benzene rings is 2. The van der Waals surface area contributed by atoms with Crippen molar-refractivity contribution in [3.63, 3.8) is 0 Å². The van der Waals surface area contributed by atoms with E-state index in [2.05, 4.69) is 13.8 Å². The van der Waals surface area contributed by atoms with Crippen molar-refractivity contribution in [1.82, 2.24) is 0 Å². The topological polar surface area (TPSA) is 80.4 Å². The van der Waals surface area contributed by atoms with Crippen molar-refractivity contribution in [2.24, 2.45) is 0 Å². The van der Waals surface area contributed by atoms with Crippen LogP contribution in [0.5, 0.6) is 5.75 Å². The van der Waals surface area contributed by atoms with Gasteiger partial charge in [-0.1, -0.05) is 36.4 Å². The highest BCUT2D eigenvalue weighted by Crippen LogP contribution is 2.40. The van der Waals surface area contributed by atoms with Gasteiger partial charge in [0.05, 0.1) is 11.2 Å². The summed E-state index contributed by atoms with van der Waals surface area (Å²) in [4.78, 5) is 0. The van der Waals surface area contributed by atoms with E-state index in [0.717, 1.165) is 17.0 Å². The van der Waals surface area contributed by atoms with Gasteiger partial charge < -0.3 is 9.66 Å². The summed E-state index contributed by atoms with van der Waals surface area (Å²) in [7, 11) is -4.32. The van der Waals surface area contributed by atoms with Crippen molar-refractivity contribution in [2.75, 3.05) is 12.3 Å².